The molecule has 0 aromatic carbocycles. The van der Waals surface area contributed by atoms with E-state index in [1.54, 1.807) is 16.8 Å². The Morgan fingerprint density at radius 1 is 1.38 bits per heavy atom. The lowest BCUT2D eigenvalue weighted by Crippen LogP contribution is -2.51. The first-order valence-corrected chi connectivity index (χ1v) is 7.84. The van der Waals surface area contributed by atoms with Gasteiger partial charge in [0.2, 0.25) is 5.13 Å². The molecule has 2 fully saturated rings. The number of morpholine rings is 1. The topological polar surface area (TPSA) is 71.0 Å². The molecule has 0 saturated carbocycles. The van der Waals surface area contributed by atoms with Gasteiger partial charge in [0.1, 0.15) is 6.17 Å². The molecule has 1 atom stereocenters. The molecule has 1 aromatic rings. The SMILES string of the molecule is CCOc1nnc(N2C(=O)N(C)CC2N2CCOCC2)s1. The molecule has 3 heterocycles. The maximum Gasteiger partial charge on any atom is 0.327 e. The van der Waals surface area contributed by atoms with Crippen LogP contribution in [0.15, 0.2) is 0 Å². The molecule has 2 aliphatic rings. The average Bonchev–Trinajstić information content (AvgIpc) is 3.06. The van der Waals surface area contributed by atoms with Gasteiger partial charge in [0.15, 0.2) is 0 Å². The lowest BCUT2D eigenvalue weighted by molar-refractivity contribution is 0.0194. The first-order chi connectivity index (χ1) is 10.2. The van der Waals surface area contributed by atoms with Crippen LogP contribution in [0.5, 0.6) is 5.19 Å². The Balaban J connectivity index is 1.82. The molecule has 2 aliphatic heterocycles. The van der Waals surface area contributed by atoms with Crippen molar-refractivity contribution in [2.45, 2.75) is 13.1 Å². The van der Waals surface area contributed by atoms with Crippen LogP contribution in [0.3, 0.4) is 0 Å². The van der Waals surface area contributed by atoms with E-state index in [2.05, 4.69) is 15.1 Å². The van der Waals surface area contributed by atoms with Crippen LogP contribution in [-0.2, 0) is 4.74 Å². The fourth-order valence-corrected chi connectivity index (χ4v) is 3.36. The van der Waals surface area contributed by atoms with E-state index in [9.17, 15) is 4.79 Å². The van der Waals surface area contributed by atoms with E-state index in [0.29, 0.717) is 36.7 Å². The monoisotopic (exact) mass is 313 g/mol. The smallest absolute Gasteiger partial charge is 0.327 e. The Morgan fingerprint density at radius 2 is 2.14 bits per heavy atom. The number of anilines is 1. The quantitative estimate of drug-likeness (QED) is 0.804. The van der Waals surface area contributed by atoms with Gasteiger partial charge in [0.05, 0.1) is 26.4 Å². The number of ether oxygens (including phenoxy) is 2. The van der Waals surface area contributed by atoms with E-state index in [4.69, 9.17) is 9.47 Å². The predicted molar refractivity (Wildman–Crippen MR) is 77.8 cm³/mol. The van der Waals surface area contributed by atoms with Gasteiger partial charge in [-0.2, -0.15) is 0 Å². The van der Waals surface area contributed by atoms with Crippen molar-refractivity contribution in [2.24, 2.45) is 0 Å². The third kappa shape index (κ3) is 2.81. The van der Waals surface area contributed by atoms with Crippen LogP contribution in [-0.4, -0.2) is 78.7 Å². The van der Waals surface area contributed by atoms with Gasteiger partial charge in [0.25, 0.3) is 5.19 Å². The first kappa shape index (κ1) is 14.5. The van der Waals surface area contributed by atoms with Crippen LogP contribution < -0.4 is 9.64 Å². The molecule has 1 aromatic heterocycles. The number of likely N-dealkylation sites (N-methyl/N-ethyl adjacent to an activating group) is 1. The zero-order chi connectivity index (χ0) is 14.8. The Morgan fingerprint density at radius 3 is 2.86 bits per heavy atom. The number of rotatable bonds is 4. The van der Waals surface area contributed by atoms with Gasteiger partial charge in [-0.1, -0.05) is 5.10 Å². The van der Waals surface area contributed by atoms with Crippen molar-refractivity contribution in [2.75, 3.05) is 51.4 Å². The van der Waals surface area contributed by atoms with E-state index in [-0.39, 0.29) is 12.2 Å². The summed E-state index contributed by atoms with van der Waals surface area (Å²) < 4.78 is 10.7. The van der Waals surface area contributed by atoms with Crippen molar-refractivity contribution in [3.8, 4) is 5.19 Å². The van der Waals surface area contributed by atoms with Crippen LogP contribution in [0.1, 0.15) is 6.92 Å². The minimum absolute atomic E-state index is 0.0196. The van der Waals surface area contributed by atoms with Gasteiger partial charge in [-0.15, -0.1) is 5.10 Å². The second-order valence-corrected chi connectivity index (χ2v) is 5.86. The van der Waals surface area contributed by atoms with Crippen LogP contribution in [0.2, 0.25) is 0 Å². The number of carbonyl (C=O) groups is 1. The van der Waals surface area contributed by atoms with E-state index in [0.717, 1.165) is 13.1 Å². The minimum atomic E-state index is -0.0503. The second-order valence-electron chi connectivity index (χ2n) is 4.95. The van der Waals surface area contributed by atoms with Gasteiger partial charge in [-0.05, 0) is 18.3 Å². The number of nitrogens with zero attached hydrogens (tertiary/aromatic N) is 5. The van der Waals surface area contributed by atoms with Crippen molar-refractivity contribution in [3.05, 3.63) is 0 Å². The van der Waals surface area contributed by atoms with Crippen molar-refractivity contribution < 1.29 is 14.3 Å². The summed E-state index contributed by atoms with van der Waals surface area (Å²) in [5.74, 6) is 0. The standard InChI is InChI=1S/C12H19N5O3S/c1-3-20-11-14-13-10(21-11)17-9(8-15(2)12(17)18)16-4-6-19-7-5-16/h9H,3-8H2,1-2H3. The molecule has 3 rings (SSSR count). The second kappa shape index (κ2) is 6.12. The summed E-state index contributed by atoms with van der Waals surface area (Å²) in [6, 6.07) is -0.0503. The highest BCUT2D eigenvalue weighted by molar-refractivity contribution is 7.17. The summed E-state index contributed by atoms with van der Waals surface area (Å²) in [4.78, 5) is 18.1. The summed E-state index contributed by atoms with van der Waals surface area (Å²) in [5, 5.41) is 9.17. The molecule has 2 amide bonds. The van der Waals surface area contributed by atoms with Gasteiger partial charge in [-0.3, -0.25) is 4.90 Å². The fourth-order valence-electron chi connectivity index (χ4n) is 2.56. The third-order valence-electron chi connectivity index (χ3n) is 3.60. The van der Waals surface area contributed by atoms with E-state index in [1.165, 1.54) is 11.3 Å². The minimum Gasteiger partial charge on any atom is -0.469 e. The summed E-state index contributed by atoms with van der Waals surface area (Å²) in [6.45, 7) is 6.12. The Bertz CT molecular complexity index is 505. The Labute approximate surface area is 127 Å². The molecule has 1 unspecified atom stereocenters. The summed E-state index contributed by atoms with van der Waals surface area (Å²) in [6.07, 6.45) is -0.0196. The molecule has 116 valence electrons. The molecule has 2 saturated heterocycles. The Kier molecular flexibility index (Phi) is 4.22. The number of amides is 2. The summed E-state index contributed by atoms with van der Waals surface area (Å²) in [5.41, 5.74) is 0. The number of carbonyl (C=O) groups excluding carboxylic acids is 1. The summed E-state index contributed by atoms with van der Waals surface area (Å²) >= 11 is 1.30. The highest BCUT2D eigenvalue weighted by atomic mass is 32.1. The van der Waals surface area contributed by atoms with Crippen LogP contribution in [0.25, 0.3) is 0 Å². The van der Waals surface area contributed by atoms with Crippen molar-refractivity contribution in [1.82, 2.24) is 20.0 Å². The van der Waals surface area contributed by atoms with Gasteiger partial charge in [0, 0.05) is 20.1 Å². The fraction of sp³-hybridized carbons (Fsp3) is 0.750. The molecule has 8 nitrogen and oxygen atoms in total. The predicted octanol–water partition coefficient (Wildman–Crippen LogP) is 0.467. The van der Waals surface area contributed by atoms with Crippen molar-refractivity contribution >= 4 is 22.5 Å². The van der Waals surface area contributed by atoms with Crippen LogP contribution >= 0.6 is 11.3 Å². The van der Waals surface area contributed by atoms with Crippen LogP contribution in [0.4, 0.5) is 9.93 Å². The highest BCUT2D eigenvalue weighted by Gasteiger charge is 2.42. The van der Waals surface area contributed by atoms with Crippen molar-refractivity contribution in [1.29, 1.82) is 0 Å². The highest BCUT2D eigenvalue weighted by Crippen LogP contribution is 2.32. The van der Waals surface area contributed by atoms with E-state index in [1.807, 2.05) is 6.92 Å². The van der Waals surface area contributed by atoms with Crippen molar-refractivity contribution in [3.63, 3.8) is 0 Å². The molecular formula is C12H19N5O3S. The summed E-state index contributed by atoms with van der Waals surface area (Å²) in [7, 11) is 1.81. The lowest BCUT2D eigenvalue weighted by Gasteiger charge is -2.34. The largest absolute Gasteiger partial charge is 0.469 e. The average molecular weight is 313 g/mol. The molecule has 0 spiro atoms. The molecule has 0 bridgehead atoms. The molecular weight excluding hydrogens is 294 g/mol. The molecule has 0 aliphatic carbocycles. The molecule has 9 heteroatoms. The maximum absolute atomic E-state index is 12.4. The van der Waals surface area contributed by atoms with Gasteiger partial charge < -0.3 is 14.4 Å². The van der Waals surface area contributed by atoms with Crippen LogP contribution in [0, 0.1) is 0 Å². The molecule has 0 radical (unpaired) electrons. The van der Waals surface area contributed by atoms with E-state index < -0.39 is 0 Å². The number of urea groups is 1. The number of hydrogen-bond donors (Lipinski definition) is 0. The van der Waals surface area contributed by atoms with Gasteiger partial charge in [-0.25, -0.2) is 9.69 Å². The lowest BCUT2D eigenvalue weighted by atomic mass is 10.3. The van der Waals surface area contributed by atoms with E-state index >= 15 is 0 Å². The third-order valence-corrected chi connectivity index (χ3v) is 4.44. The zero-order valence-corrected chi connectivity index (χ0v) is 13.0. The molecule has 0 N–H and O–H groups in total. The Hall–Kier alpha value is -1.45. The maximum atomic E-state index is 12.4. The number of aromatic nitrogens is 2. The molecule has 21 heavy (non-hydrogen) atoms. The zero-order valence-electron chi connectivity index (χ0n) is 12.2. The number of hydrogen-bond acceptors (Lipinski definition) is 7. The normalized spacial score (nSPS) is 23.9. The van der Waals surface area contributed by atoms with Gasteiger partial charge >= 0.3 is 6.03 Å². The first-order valence-electron chi connectivity index (χ1n) is 7.03.